The first-order chi connectivity index (χ1) is 9.72. The van der Waals surface area contributed by atoms with Crippen molar-refractivity contribution in [3.63, 3.8) is 0 Å². The molecule has 1 aromatic heterocycles. The average Bonchev–Trinajstić information content (AvgIpc) is 2.49. The van der Waals surface area contributed by atoms with Gasteiger partial charge in [0.05, 0.1) is 17.6 Å². The Balaban J connectivity index is 2.28. The monoisotopic (exact) mass is 285 g/mol. The van der Waals surface area contributed by atoms with E-state index in [2.05, 4.69) is 28.9 Å². The summed E-state index contributed by atoms with van der Waals surface area (Å²) in [6, 6.07) is 14.2. The fourth-order valence-corrected chi connectivity index (χ4v) is 2.14. The number of para-hydroxylation sites is 1. The maximum absolute atomic E-state index is 5.59. The zero-order valence-corrected chi connectivity index (χ0v) is 12.4. The van der Waals surface area contributed by atoms with Crippen LogP contribution in [0.2, 0.25) is 0 Å². The van der Waals surface area contributed by atoms with Crippen LogP contribution in [0.15, 0.2) is 48.7 Å². The predicted octanol–water partition coefficient (Wildman–Crippen LogP) is 3.65. The fourth-order valence-electron chi connectivity index (χ4n) is 2.02. The molecule has 0 bridgehead atoms. The molecule has 0 aliphatic carbocycles. The molecule has 0 radical (unpaired) electrons. The van der Waals surface area contributed by atoms with E-state index in [4.69, 9.17) is 18.0 Å². The van der Waals surface area contributed by atoms with Gasteiger partial charge in [0.25, 0.3) is 0 Å². The largest absolute Gasteiger partial charge is 0.388 e. The molecule has 1 aromatic carbocycles. The Hall–Kier alpha value is -1.94. The van der Waals surface area contributed by atoms with Gasteiger partial charge in [-0.15, -0.1) is 0 Å². The summed E-state index contributed by atoms with van der Waals surface area (Å²) in [4.78, 5) is 6.92. The molecule has 0 saturated carbocycles. The van der Waals surface area contributed by atoms with E-state index in [9.17, 15) is 0 Å². The van der Waals surface area contributed by atoms with Gasteiger partial charge in [-0.3, -0.25) is 4.98 Å². The van der Waals surface area contributed by atoms with Crippen LogP contribution in [0, 0.1) is 0 Å². The molecule has 0 amide bonds. The number of aromatic nitrogens is 1. The lowest BCUT2D eigenvalue weighted by Crippen LogP contribution is -2.19. The van der Waals surface area contributed by atoms with E-state index in [1.807, 2.05) is 36.5 Å². The van der Waals surface area contributed by atoms with Crippen LogP contribution in [0.3, 0.4) is 0 Å². The third-order valence-corrected chi connectivity index (χ3v) is 3.32. The molecule has 0 unspecified atom stereocenters. The zero-order chi connectivity index (χ0) is 14.4. The highest BCUT2D eigenvalue weighted by molar-refractivity contribution is 7.80. The Bertz CT molecular complexity index is 552. The first-order valence-electron chi connectivity index (χ1n) is 6.81. The molecule has 0 fully saturated rings. The van der Waals surface area contributed by atoms with Gasteiger partial charge in [-0.05, 0) is 30.7 Å². The van der Waals surface area contributed by atoms with Crippen molar-refractivity contribution in [1.82, 2.24) is 4.98 Å². The molecule has 20 heavy (non-hydrogen) atoms. The van der Waals surface area contributed by atoms with Gasteiger partial charge in [-0.1, -0.05) is 43.8 Å². The molecule has 2 N–H and O–H groups in total. The highest BCUT2D eigenvalue weighted by Crippen LogP contribution is 2.25. The lowest BCUT2D eigenvalue weighted by molar-refractivity contribution is 0.785. The van der Waals surface area contributed by atoms with Crippen LogP contribution in [-0.2, 0) is 0 Å². The van der Waals surface area contributed by atoms with E-state index in [0.717, 1.165) is 25.1 Å². The molecule has 2 aromatic rings. The number of thiocarbonyl (C=S) groups is 1. The Morgan fingerprint density at radius 2 is 1.90 bits per heavy atom. The highest BCUT2D eigenvalue weighted by Gasteiger charge is 2.09. The van der Waals surface area contributed by atoms with E-state index < -0.39 is 0 Å². The van der Waals surface area contributed by atoms with Crippen LogP contribution in [0.25, 0.3) is 0 Å². The van der Waals surface area contributed by atoms with Gasteiger partial charge >= 0.3 is 0 Å². The molecular formula is C16H19N3S. The SMILES string of the molecule is CCCCN(c1ccccc1)c1ccc(C(N)=S)nc1. The zero-order valence-electron chi connectivity index (χ0n) is 11.6. The Kier molecular flexibility index (Phi) is 5.07. The van der Waals surface area contributed by atoms with Crippen molar-refractivity contribution in [1.29, 1.82) is 0 Å². The Morgan fingerprint density at radius 3 is 2.45 bits per heavy atom. The second-order valence-electron chi connectivity index (χ2n) is 4.61. The van der Waals surface area contributed by atoms with Crippen molar-refractivity contribution in [2.45, 2.75) is 19.8 Å². The second-order valence-corrected chi connectivity index (χ2v) is 5.05. The molecule has 3 nitrogen and oxygen atoms in total. The summed E-state index contributed by atoms with van der Waals surface area (Å²) >= 11 is 4.94. The molecule has 0 aliphatic heterocycles. The molecule has 0 saturated heterocycles. The van der Waals surface area contributed by atoms with E-state index in [-0.39, 0.29) is 0 Å². The standard InChI is InChI=1S/C16H19N3S/c1-2-3-11-19(13-7-5-4-6-8-13)14-9-10-15(16(17)20)18-12-14/h4-10,12H,2-3,11H2,1H3,(H2,17,20). The van der Waals surface area contributed by atoms with Crippen LogP contribution in [-0.4, -0.2) is 16.5 Å². The van der Waals surface area contributed by atoms with Gasteiger partial charge in [0, 0.05) is 12.2 Å². The molecule has 0 atom stereocenters. The Labute approximate surface area is 125 Å². The number of nitrogens with zero attached hydrogens (tertiary/aromatic N) is 2. The van der Waals surface area contributed by atoms with Gasteiger partial charge < -0.3 is 10.6 Å². The number of hydrogen-bond acceptors (Lipinski definition) is 3. The molecule has 1 heterocycles. The van der Waals surface area contributed by atoms with Crippen molar-refractivity contribution in [3.05, 3.63) is 54.4 Å². The number of benzene rings is 1. The minimum absolute atomic E-state index is 0.330. The van der Waals surface area contributed by atoms with Gasteiger partial charge in [-0.2, -0.15) is 0 Å². The van der Waals surface area contributed by atoms with Crippen molar-refractivity contribution < 1.29 is 0 Å². The predicted molar refractivity (Wildman–Crippen MR) is 88.5 cm³/mol. The van der Waals surface area contributed by atoms with Gasteiger partial charge in [0.2, 0.25) is 0 Å². The van der Waals surface area contributed by atoms with Crippen LogP contribution in [0.4, 0.5) is 11.4 Å². The van der Waals surface area contributed by atoms with Gasteiger partial charge in [-0.25, -0.2) is 0 Å². The third-order valence-electron chi connectivity index (χ3n) is 3.12. The first kappa shape index (κ1) is 14.5. The van der Waals surface area contributed by atoms with Crippen molar-refractivity contribution in [2.75, 3.05) is 11.4 Å². The lowest BCUT2D eigenvalue weighted by Gasteiger charge is -2.24. The van der Waals surface area contributed by atoms with Crippen molar-refractivity contribution >= 4 is 28.6 Å². The van der Waals surface area contributed by atoms with E-state index in [0.29, 0.717) is 10.7 Å². The smallest absolute Gasteiger partial charge is 0.122 e. The van der Waals surface area contributed by atoms with Crippen LogP contribution < -0.4 is 10.6 Å². The van der Waals surface area contributed by atoms with Crippen LogP contribution in [0.5, 0.6) is 0 Å². The topological polar surface area (TPSA) is 42.1 Å². The summed E-state index contributed by atoms with van der Waals surface area (Å²) < 4.78 is 0. The highest BCUT2D eigenvalue weighted by atomic mass is 32.1. The normalized spacial score (nSPS) is 10.2. The summed E-state index contributed by atoms with van der Waals surface area (Å²) in [5.74, 6) is 0. The Morgan fingerprint density at radius 1 is 1.15 bits per heavy atom. The third kappa shape index (κ3) is 3.54. The molecule has 0 spiro atoms. The first-order valence-corrected chi connectivity index (χ1v) is 7.21. The average molecular weight is 285 g/mol. The molecule has 2 rings (SSSR count). The number of anilines is 2. The van der Waals surface area contributed by atoms with Crippen LogP contribution in [0.1, 0.15) is 25.5 Å². The van der Waals surface area contributed by atoms with Gasteiger partial charge in [0.1, 0.15) is 4.99 Å². The number of rotatable bonds is 6. The summed E-state index contributed by atoms with van der Waals surface area (Å²) in [5, 5.41) is 0. The number of hydrogen-bond donors (Lipinski definition) is 1. The summed E-state index contributed by atoms with van der Waals surface area (Å²) in [6.07, 6.45) is 4.12. The number of nitrogens with two attached hydrogens (primary N) is 1. The van der Waals surface area contributed by atoms with Crippen molar-refractivity contribution in [3.8, 4) is 0 Å². The van der Waals surface area contributed by atoms with Crippen LogP contribution >= 0.6 is 12.2 Å². The quantitative estimate of drug-likeness (QED) is 0.823. The second kappa shape index (κ2) is 7.01. The van der Waals surface area contributed by atoms with E-state index in [1.165, 1.54) is 5.69 Å². The van der Waals surface area contributed by atoms with E-state index in [1.54, 1.807) is 0 Å². The summed E-state index contributed by atoms with van der Waals surface area (Å²) in [7, 11) is 0. The summed E-state index contributed by atoms with van der Waals surface area (Å²) in [5.41, 5.74) is 8.48. The number of pyridine rings is 1. The molecule has 4 heteroatoms. The minimum atomic E-state index is 0.330. The fraction of sp³-hybridized carbons (Fsp3) is 0.250. The molecule has 0 aliphatic rings. The van der Waals surface area contributed by atoms with E-state index >= 15 is 0 Å². The summed E-state index contributed by atoms with van der Waals surface area (Å²) in [6.45, 7) is 3.16. The molecule has 104 valence electrons. The van der Waals surface area contributed by atoms with Gasteiger partial charge in [0.15, 0.2) is 0 Å². The molecular weight excluding hydrogens is 266 g/mol. The maximum Gasteiger partial charge on any atom is 0.122 e. The maximum atomic E-state index is 5.59. The van der Waals surface area contributed by atoms with Crippen molar-refractivity contribution in [2.24, 2.45) is 5.73 Å². The number of unbranched alkanes of at least 4 members (excludes halogenated alkanes) is 1. The minimum Gasteiger partial charge on any atom is -0.388 e. The lowest BCUT2D eigenvalue weighted by atomic mass is 10.2.